The van der Waals surface area contributed by atoms with Crippen molar-refractivity contribution in [3.63, 3.8) is 0 Å². The largest absolute Gasteiger partial charge is 0.508 e. The molecule has 0 saturated carbocycles. The highest BCUT2D eigenvalue weighted by molar-refractivity contribution is 5.93. The number of nitrogens with zero attached hydrogens (tertiary/aromatic N) is 2. The number of ether oxygens (including phenoxy) is 1. The number of ketones is 1. The van der Waals surface area contributed by atoms with E-state index in [4.69, 9.17) is 9.57 Å². The van der Waals surface area contributed by atoms with Gasteiger partial charge in [-0.05, 0) is 81.2 Å². The molecule has 3 rings (SSSR count). The first-order chi connectivity index (χ1) is 27.5. The number of hydroxylamine groups is 2. The Morgan fingerprint density at radius 2 is 1.83 bits per heavy atom. The summed E-state index contributed by atoms with van der Waals surface area (Å²) in [5.41, 5.74) is 4.81. The van der Waals surface area contributed by atoms with Crippen LogP contribution in [-0.2, 0) is 40.0 Å². The Bertz CT molecular complexity index is 1740. The van der Waals surface area contributed by atoms with Crippen molar-refractivity contribution in [2.45, 2.75) is 110 Å². The van der Waals surface area contributed by atoms with E-state index in [2.05, 4.69) is 16.1 Å². The smallest absolute Gasteiger partial charge is 0.269 e. The molecule has 1 saturated heterocycles. The molecule has 0 spiro atoms. The van der Waals surface area contributed by atoms with Gasteiger partial charge in [0.15, 0.2) is 6.29 Å². The summed E-state index contributed by atoms with van der Waals surface area (Å²) in [7, 11) is 2.86. The average molecular weight is 808 g/mol. The third-order valence-corrected chi connectivity index (χ3v) is 10.1. The van der Waals surface area contributed by atoms with Crippen LogP contribution < -0.4 is 16.1 Å². The summed E-state index contributed by atoms with van der Waals surface area (Å²) >= 11 is 0. The van der Waals surface area contributed by atoms with Crippen LogP contribution in [0.5, 0.6) is 5.75 Å². The molecule has 1 aromatic carbocycles. The second-order valence-corrected chi connectivity index (χ2v) is 15.1. The molecular weight excluding hydrogens is 746 g/mol. The molecule has 4 amide bonds. The highest BCUT2D eigenvalue weighted by Gasteiger charge is 2.37. The van der Waals surface area contributed by atoms with Gasteiger partial charge in [0.2, 0.25) is 11.8 Å². The standard InChI is InChI=1S/C43H61N5O10/c1-27(2)38-41(54)44-35(26-31-17-13-18-32(50)25-31)42(55)48-24-14-19-34(46-48)43(56)58-36(28(3)16-12-21-37(51)47(6)57-7)20-11-9-8-10-15-29(4)39(52)33(40(53)45-38)23-22-30(5)49/h8-13,15-18,21,25,27,33-36,38-39,43,46,50,52,56H,14,19-20,22-24,26H2,1-7H3,(H,44,54)(H,45,53). The van der Waals surface area contributed by atoms with Crippen molar-refractivity contribution in [1.29, 1.82) is 0 Å². The fourth-order valence-corrected chi connectivity index (χ4v) is 6.50. The number of benzene rings is 1. The quantitative estimate of drug-likeness (QED) is 0.115. The van der Waals surface area contributed by atoms with E-state index >= 15 is 0 Å². The Kier molecular flexibility index (Phi) is 19.2. The molecule has 318 valence electrons. The van der Waals surface area contributed by atoms with Crippen LogP contribution in [0.2, 0.25) is 0 Å². The molecule has 2 heterocycles. The highest BCUT2D eigenvalue weighted by atomic mass is 16.7. The summed E-state index contributed by atoms with van der Waals surface area (Å²) in [6.07, 6.45) is 11.3. The summed E-state index contributed by atoms with van der Waals surface area (Å²) in [5.74, 6) is -3.84. The van der Waals surface area contributed by atoms with Crippen molar-refractivity contribution in [3.05, 3.63) is 89.6 Å². The minimum Gasteiger partial charge on any atom is -0.508 e. The number of carbonyl (C=O) groups is 5. The number of hydrogen-bond donors (Lipinski definition) is 6. The number of aromatic hydroxyl groups is 1. The van der Waals surface area contributed by atoms with Gasteiger partial charge < -0.3 is 35.5 Å². The van der Waals surface area contributed by atoms with Crippen molar-refractivity contribution < 1.29 is 48.9 Å². The van der Waals surface area contributed by atoms with Gasteiger partial charge in [-0.1, -0.05) is 68.5 Å². The molecule has 1 fully saturated rings. The molecule has 58 heavy (non-hydrogen) atoms. The molecule has 0 radical (unpaired) electrons. The van der Waals surface area contributed by atoms with Crippen molar-refractivity contribution in [2.24, 2.45) is 11.8 Å². The minimum atomic E-state index is -1.38. The molecule has 2 bridgehead atoms. The Morgan fingerprint density at radius 1 is 1.09 bits per heavy atom. The molecule has 0 aromatic heterocycles. The number of phenolic OH excluding ortho intramolecular Hbond substituents is 1. The molecule has 15 nitrogen and oxygen atoms in total. The number of aliphatic hydroxyl groups is 2. The number of hydrazine groups is 1. The van der Waals surface area contributed by atoms with Gasteiger partial charge in [0, 0.05) is 32.5 Å². The second-order valence-electron chi connectivity index (χ2n) is 15.1. The van der Waals surface area contributed by atoms with E-state index in [9.17, 15) is 39.3 Å². The number of carbonyl (C=O) groups excluding carboxylic acids is 5. The van der Waals surface area contributed by atoms with Crippen LogP contribution in [0, 0.1) is 11.8 Å². The maximum atomic E-state index is 14.3. The van der Waals surface area contributed by atoms with Gasteiger partial charge in [0.1, 0.15) is 23.6 Å². The number of phenols is 1. The zero-order chi connectivity index (χ0) is 42.9. The number of Topliss-reactive ketones (excluding diaryl/α,β-unsaturated/α-hetero) is 1. The van der Waals surface area contributed by atoms with Crippen molar-refractivity contribution in [1.82, 2.24) is 26.1 Å². The third kappa shape index (κ3) is 14.8. The van der Waals surface area contributed by atoms with Crippen LogP contribution in [0.4, 0.5) is 0 Å². The van der Waals surface area contributed by atoms with Gasteiger partial charge in [-0.15, -0.1) is 0 Å². The zero-order valence-electron chi connectivity index (χ0n) is 34.6. The van der Waals surface area contributed by atoms with Crippen LogP contribution in [0.15, 0.2) is 84.0 Å². The van der Waals surface area contributed by atoms with Crippen molar-refractivity contribution in [3.8, 4) is 5.75 Å². The van der Waals surface area contributed by atoms with Gasteiger partial charge in [-0.3, -0.25) is 29.0 Å². The van der Waals surface area contributed by atoms with E-state index in [0.717, 1.165) is 5.06 Å². The maximum absolute atomic E-state index is 14.3. The van der Waals surface area contributed by atoms with Gasteiger partial charge in [-0.2, -0.15) is 0 Å². The molecule has 6 N–H and O–H groups in total. The lowest BCUT2D eigenvalue weighted by molar-refractivity contribution is -0.166. The summed E-state index contributed by atoms with van der Waals surface area (Å²) in [4.78, 5) is 71.4. The Hall–Kier alpha value is -4.93. The fourth-order valence-electron chi connectivity index (χ4n) is 6.50. The van der Waals surface area contributed by atoms with Gasteiger partial charge in [0.25, 0.3) is 11.8 Å². The van der Waals surface area contributed by atoms with E-state index in [1.165, 1.54) is 44.3 Å². The maximum Gasteiger partial charge on any atom is 0.269 e. The zero-order valence-corrected chi connectivity index (χ0v) is 34.6. The van der Waals surface area contributed by atoms with Gasteiger partial charge in [0.05, 0.1) is 31.3 Å². The van der Waals surface area contributed by atoms with Crippen LogP contribution in [0.3, 0.4) is 0 Å². The van der Waals surface area contributed by atoms with Gasteiger partial charge >= 0.3 is 0 Å². The summed E-state index contributed by atoms with van der Waals surface area (Å²) in [6, 6.07) is 3.32. The number of hydrogen-bond acceptors (Lipinski definition) is 11. The van der Waals surface area contributed by atoms with E-state index in [-0.39, 0.29) is 43.2 Å². The van der Waals surface area contributed by atoms with Crippen LogP contribution in [-0.4, -0.2) is 112 Å². The van der Waals surface area contributed by atoms with Crippen molar-refractivity contribution >= 4 is 29.4 Å². The van der Waals surface area contributed by atoms with Gasteiger partial charge in [-0.25, -0.2) is 10.5 Å². The number of allylic oxidation sites excluding steroid dienone is 6. The highest BCUT2D eigenvalue weighted by Crippen LogP contribution is 2.23. The molecular formula is C43H61N5O10. The number of likely N-dealkylation sites (N-methyl/N-ethyl adjacent to an activating group) is 1. The van der Waals surface area contributed by atoms with Crippen LogP contribution >= 0.6 is 0 Å². The lowest BCUT2D eigenvalue weighted by Gasteiger charge is -2.38. The molecule has 1 aromatic rings. The number of aliphatic hydroxyl groups excluding tert-OH is 2. The lowest BCUT2D eigenvalue weighted by atomic mass is 9.89. The van der Waals surface area contributed by atoms with Crippen LogP contribution in [0.25, 0.3) is 0 Å². The molecule has 2 aliphatic heterocycles. The Morgan fingerprint density at radius 3 is 2.50 bits per heavy atom. The number of fused-ring (bicyclic) bond motifs is 2. The number of rotatable bonds is 10. The molecule has 0 aliphatic carbocycles. The first-order valence-corrected chi connectivity index (χ1v) is 19.7. The number of amides is 4. The lowest BCUT2D eigenvalue weighted by Crippen LogP contribution is -2.63. The second kappa shape index (κ2) is 23.5. The Balaban J connectivity index is 2.07. The fraction of sp³-hybridized carbons (Fsp3) is 0.512. The van der Waals surface area contributed by atoms with E-state index in [1.807, 2.05) is 6.08 Å². The number of nitrogens with one attached hydrogen (secondary N) is 3. The molecule has 7 unspecified atom stereocenters. The van der Waals surface area contributed by atoms with Crippen LogP contribution in [0.1, 0.15) is 72.3 Å². The molecule has 2 aliphatic rings. The summed E-state index contributed by atoms with van der Waals surface area (Å²) in [5, 5.41) is 41.0. The predicted octanol–water partition coefficient (Wildman–Crippen LogP) is 3.09. The average Bonchev–Trinajstić information content (AvgIpc) is 3.18. The van der Waals surface area contributed by atoms with Crippen molar-refractivity contribution in [2.75, 3.05) is 20.7 Å². The topological polar surface area (TPSA) is 207 Å². The summed E-state index contributed by atoms with van der Waals surface area (Å²) in [6.45, 7) is 8.60. The monoisotopic (exact) mass is 807 g/mol. The molecule has 7 atom stereocenters. The predicted molar refractivity (Wildman–Crippen MR) is 218 cm³/mol. The minimum absolute atomic E-state index is 0.00825. The normalized spacial score (nSPS) is 26.1. The summed E-state index contributed by atoms with van der Waals surface area (Å²) < 4.78 is 6.21. The third-order valence-electron chi connectivity index (χ3n) is 10.1. The van der Waals surface area contributed by atoms with E-state index in [1.54, 1.807) is 76.3 Å². The SMILES string of the molecule is CON(C)C(=O)C=CC=C(C)C1CC=CC=CC=C(C)C(O)C(CCC(C)=O)C(=O)NC(C(C)C)C(=O)NC(Cc2cccc(O)c2)C(=O)N2CCCC(N2)C(O)O1. The van der Waals surface area contributed by atoms with E-state index < -0.39 is 66.2 Å². The first-order valence-electron chi connectivity index (χ1n) is 19.7. The molecule has 15 heteroatoms. The van der Waals surface area contributed by atoms with E-state index in [0.29, 0.717) is 36.0 Å². The Labute approximate surface area is 341 Å². The first kappa shape index (κ1) is 47.4.